The van der Waals surface area contributed by atoms with Crippen LogP contribution < -0.4 is 5.32 Å². The zero-order valence-corrected chi connectivity index (χ0v) is 17.3. The predicted octanol–water partition coefficient (Wildman–Crippen LogP) is 2.35. The Morgan fingerprint density at radius 3 is 2.48 bits per heavy atom. The molecule has 0 radical (unpaired) electrons. The Balaban J connectivity index is 1.70. The standard InChI is InChI=1S/C20H32N2O4S/c1-17-9-13-22(14-10-17)12-4-3-11-21-20(23)18-5-7-19(8-6-18)27(24,25)16-15-26-2/h5-8,17H,3-4,9-16H2,1-2H3,(H,21,23). The first-order valence-corrected chi connectivity index (χ1v) is 11.4. The van der Waals surface area contributed by atoms with Crippen molar-refractivity contribution < 1.29 is 17.9 Å². The first kappa shape index (κ1) is 21.9. The molecule has 1 amide bonds. The molecule has 0 saturated carbocycles. The normalized spacial score (nSPS) is 16.4. The van der Waals surface area contributed by atoms with Gasteiger partial charge in [-0.3, -0.25) is 4.79 Å². The Morgan fingerprint density at radius 2 is 1.85 bits per heavy atom. The summed E-state index contributed by atoms with van der Waals surface area (Å²) in [7, 11) is -1.90. The summed E-state index contributed by atoms with van der Waals surface area (Å²) in [4.78, 5) is 14.9. The van der Waals surface area contributed by atoms with Crippen LogP contribution in [0.25, 0.3) is 0 Å². The van der Waals surface area contributed by atoms with Gasteiger partial charge in [0.2, 0.25) is 0 Å². The van der Waals surface area contributed by atoms with E-state index in [-0.39, 0.29) is 23.2 Å². The fraction of sp³-hybridized carbons (Fsp3) is 0.650. The number of nitrogens with zero attached hydrogens (tertiary/aromatic N) is 1. The van der Waals surface area contributed by atoms with E-state index in [1.807, 2.05) is 0 Å². The van der Waals surface area contributed by atoms with E-state index in [9.17, 15) is 13.2 Å². The fourth-order valence-electron chi connectivity index (χ4n) is 3.17. The minimum atomic E-state index is -3.36. The molecular formula is C20H32N2O4S. The molecule has 0 unspecified atom stereocenters. The summed E-state index contributed by atoms with van der Waals surface area (Å²) in [6.45, 7) is 6.57. The van der Waals surface area contributed by atoms with Gasteiger partial charge in [-0.05, 0) is 75.5 Å². The first-order valence-electron chi connectivity index (χ1n) is 9.74. The number of benzene rings is 1. The number of methoxy groups -OCH3 is 1. The van der Waals surface area contributed by atoms with E-state index in [2.05, 4.69) is 17.1 Å². The molecule has 0 aromatic heterocycles. The molecule has 1 fully saturated rings. The number of amides is 1. The molecule has 152 valence electrons. The molecule has 2 rings (SSSR count). The molecule has 1 saturated heterocycles. The molecule has 1 aliphatic heterocycles. The highest BCUT2D eigenvalue weighted by Gasteiger charge is 2.16. The molecule has 27 heavy (non-hydrogen) atoms. The monoisotopic (exact) mass is 396 g/mol. The average molecular weight is 397 g/mol. The number of nitrogens with one attached hydrogen (secondary N) is 1. The molecule has 1 aromatic rings. The summed E-state index contributed by atoms with van der Waals surface area (Å²) < 4.78 is 29.0. The Morgan fingerprint density at radius 1 is 1.19 bits per heavy atom. The zero-order chi connectivity index (χ0) is 19.7. The molecule has 1 aliphatic rings. The van der Waals surface area contributed by atoms with E-state index in [0.717, 1.165) is 25.3 Å². The summed E-state index contributed by atoms with van der Waals surface area (Å²) in [6, 6.07) is 6.09. The van der Waals surface area contributed by atoms with Crippen LogP contribution in [-0.4, -0.2) is 64.9 Å². The Hall–Kier alpha value is -1.44. The van der Waals surface area contributed by atoms with Crippen LogP contribution in [-0.2, 0) is 14.6 Å². The number of hydrogen-bond acceptors (Lipinski definition) is 5. The van der Waals surface area contributed by atoms with E-state index in [4.69, 9.17) is 4.74 Å². The zero-order valence-electron chi connectivity index (χ0n) is 16.4. The molecule has 7 heteroatoms. The van der Waals surface area contributed by atoms with Gasteiger partial charge in [-0.1, -0.05) is 6.92 Å². The summed E-state index contributed by atoms with van der Waals surface area (Å²) in [5, 5.41) is 2.91. The molecule has 1 heterocycles. The fourth-order valence-corrected chi connectivity index (χ4v) is 4.35. The summed E-state index contributed by atoms with van der Waals surface area (Å²) >= 11 is 0. The Bertz CT molecular complexity index is 680. The molecule has 6 nitrogen and oxygen atoms in total. The van der Waals surface area contributed by atoms with Crippen molar-refractivity contribution >= 4 is 15.7 Å². The van der Waals surface area contributed by atoms with E-state index in [1.165, 1.54) is 45.2 Å². The van der Waals surface area contributed by atoms with Crippen LogP contribution in [0.2, 0.25) is 0 Å². The van der Waals surface area contributed by atoms with E-state index in [1.54, 1.807) is 12.1 Å². The lowest BCUT2D eigenvalue weighted by atomic mass is 9.99. The lowest BCUT2D eigenvalue weighted by Crippen LogP contribution is -2.34. The van der Waals surface area contributed by atoms with Gasteiger partial charge in [0.05, 0.1) is 17.3 Å². The Labute approximate surface area is 163 Å². The maximum absolute atomic E-state index is 12.2. The van der Waals surface area contributed by atoms with Crippen molar-refractivity contribution in [3.05, 3.63) is 29.8 Å². The minimum Gasteiger partial charge on any atom is -0.384 e. The van der Waals surface area contributed by atoms with Crippen LogP contribution in [0.1, 0.15) is 43.0 Å². The highest BCUT2D eigenvalue weighted by atomic mass is 32.2. The Kier molecular flexibility index (Phi) is 8.73. The van der Waals surface area contributed by atoms with Gasteiger partial charge >= 0.3 is 0 Å². The topological polar surface area (TPSA) is 75.7 Å². The number of carbonyl (C=O) groups excluding carboxylic acids is 1. The van der Waals surface area contributed by atoms with Crippen molar-refractivity contribution in [1.82, 2.24) is 10.2 Å². The first-order chi connectivity index (χ1) is 12.9. The summed E-state index contributed by atoms with van der Waals surface area (Å²) in [5.74, 6) is 0.620. The van der Waals surface area contributed by atoms with Crippen LogP contribution in [0, 0.1) is 5.92 Å². The smallest absolute Gasteiger partial charge is 0.251 e. The molecule has 0 aliphatic carbocycles. The highest BCUT2D eigenvalue weighted by molar-refractivity contribution is 7.91. The average Bonchev–Trinajstić information content (AvgIpc) is 2.67. The third-order valence-corrected chi connectivity index (χ3v) is 6.79. The number of piperidine rings is 1. The highest BCUT2D eigenvalue weighted by Crippen LogP contribution is 2.16. The van der Waals surface area contributed by atoms with Crippen molar-refractivity contribution in [3.8, 4) is 0 Å². The van der Waals surface area contributed by atoms with Crippen molar-refractivity contribution in [2.45, 2.75) is 37.5 Å². The van der Waals surface area contributed by atoms with Crippen molar-refractivity contribution in [2.75, 3.05) is 45.6 Å². The second kappa shape index (κ2) is 10.8. The van der Waals surface area contributed by atoms with Gasteiger partial charge in [-0.25, -0.2) is 8.42 Å². The lowest BCUT2D eigenvalue weighted by molar-refractivity contribution is 0.0952. The van der Waals surface area contributed by atoms with Crippen LogP contribution >= 0.6 is 0 Å². The number of carbonyl (C=O) groups is 1. The maximum atomic E-state index is 12.2. The number of ether oxygens (including phenoxy) is 1. The van der Waals surface area contributed by atoms with Gasteiger partial charge in [0.1, 0.15) is 0 Å². The number of hydrogen-bond donors (Lipinski definition) is 1. The molecule has 0 bridgehead atoms. The van der Waals surface area contributed by atoms with Crippen molar-refractivity contribution in [3.63, 3.8) is 0 Å². The SMILES string of the molecule is COCCS(=O)(=O)c1ccc(C(=O)NCCCCN2CCC(C)CC2)cc1. The summed E-state index contributed by atoms with van der Waals surface area (Å²) in [5.41, 5.74) is 0.478. The quantitative estimate of drug-likeness (QED) is 0.615. The summed E-state index contributed by atoms with van der Waals surface area (Å²) in [6.07, 6.45) is 4.59. The van der Waals surface area contributed by atoms with Crippen molar-refractivity contribution in [2.24, 2.45) is 5.92 Å². The number of likely N-dealkylation sites (tertiary alicyclic amines) is 1. The van der Waals surface area contributed by atoms with E-state index >= 15 is 0 Å². The third-order valence-electron chi connectivity index (χ3n) is 5.09. The molecule has 1 aromatic carbocycles. The number of sulfone groups is 1. The second-order valence-corrected chi connectivity index (χ2v) is 9.43. The van der Waals surface area contributed by atoms with Gasteiger partial charge < -0.3 is 15.0 Å². The van der Waals surface area contributed by atoms with Gasteiger partial charge in [0.15, 0.2) is 9.84 Å². The van der Waals surface area contributed by atoms with Gasteiger partial charge in [-0.2, -0.15) is 0 Å². The number of unbranched alkanes of at least 4 members (excludes halogenated alkanes) is 1. The molecule has 0 spiro atoms. The lowest BCUT2D eigenvalue weighted by Gasteiger charge is -2.30. The number of rotatable bonds is 10. The van der Waals surface area contributed by atoms with Gasteiger partial charge in [0.25, 0.3) is 5.91 Å². The minimum absolute atomic E-state index is 0.0645. The van der Waals surface area contributed by atoms with Crippen LogP contribution in [0.15, 0.2) is 29.2 Å². The van der Waals surface area contributed by atoms with Crippen LogP contribution in [0.3, 0.4) is 0 Å². The van der Waals surface area contributed by atoms with Crippen molar-refractivity contribution in [1.29, 1.82) is 0 Å². The molecule has 1 N–H and O–H groups in total. The van der Waals surface area contributed by atoms with E-state index < -0.39 is 9.84 Å². The predicted molar refractivity (Wildman–Crippen MR) is 107 cm³/mol. The molecular weight excluding hydrogens is 364 g/mol. The third kappa shape index (κ3) is 7.24. The van der Waals surface area contributed by atoms with Crippen LogP contribution in [0.5, 0.6) is 0 Å². The molecule has 0 atom stereocenters. The largest absolute Gasteiger partial charge is 0.384 e. The van der Waals surface area contributed by atoms with Gasteiger partial charge in [0, 0.05) is 19.2 Å². The van der Waals surface area contributed by atoms with E-state index in [0.29, 0.717) is 12.1 Å². The maximum Gasteiger partial charge on any atom is 0.251 e. The van der Waals surface area contributed by atoms with Crippen LogP contribution in [0.4, 0.5) is 0 Å². The van der Waals surface area contributed by atoms with Gasteiger partial charge in [-0.15, -0.1) is 0 Å². The second-order valence-electron chi connectivity index (χ2n) is 7.32.